The van der Waals surface area contributed by atoms with E-state index in [9.17, 15) is 4.79 Å². The first-order chi connectivity index (χ1) is 9.79. The van der Waals surface area contributed by atoms with Gasteiger partial charge in [0, 0.05) is 23.2 Å². The van der Waals surface area contributed by atoms with Crippen molar-refractivity contribution in [3.8, 4) is 0 Å². The summed E-state index contributed by atoms with van der Waals surface area (Å²) < 4.78 is 4.80. The third-order valence-electron chi connectivity index (χ3n) is 3.77. The normalized spacial score (nSPS) is 19.8. The Morgan fingerprint density at radius 3 is 2.90 bits per heavy atom. The zero-order valence-corrected chi connectivity index (χ0v) is 12.9. The Bertz CT molecular complexity index is 410. The lowest BCUT2D eigenvalue weighted by atomic mass is 9.99. The van der Waals surface area contributed by atoms with E-state index < -0.39 is 0 Å². The van der Waals surface area contributed by atoms with Crippen LogP contribution in [0.3, 0.4) is 0 Å². The second-order valence-corrected chi connectivity index (χ2v) is 6.30. The van der Waals surface area contributed by atoms with Crippen molar-refractivity contribution < 1.29 is 9.53 Å². The van der Waals surface area contributed by atoms with Crippen LogP contribution in [-0.4, -0.2) is 42.9 Å². The summed E-state index contributed by atoms with van der Waals surface area (Å²) in [6, 6.07) is 10.8. The van der Waals surface area contributed by atoms with Gasteiger partial charge in [0.1, 0.15) is 0 Å². The maximum Gasteiger partial charge on any atom is 0.307 e. The highest BCUT2D eigenvalue weighted by molar-refractivity contribution is 7.99. The van der Waals surface area contributed by atoms with Crippen molar-refractivity contribution in [2.24, 2.45) is 0 Å². The number of ether oxygens (including phenoxy) is 1. The van der Waals surface area contributed by atoms with Gasteiger partial charge in [-0.2, -0.15) is 0 Å². The number of hydrogen-bond acceptors (Lipinski definition) is 4. The fourth-order valence-electron chi connectivity index (χ4n) is 2.66. The maximum atomic E-state index is 11.5. The molecule has 1 unspecified atom stereocenters. The van der Waals surface area contributed by atoms with Crippen LogP contribution in [0.15, 0.2) is 35.2 Å². The largest absolute Gasteiger partial charge is 0.469 e. The molecule has 0 amide bonds. The first-order valence-electron chi connectivity index (χ1n) is 7.28. The van der Waals surface area contributed by atoms with Gasteiger partial charge in [0.25, 0.3) is 0 Å². The van der Waals surface area contributed by atoms with Crippen molar-refractivity contribution in [1.29, 1.82) is 0 Å². The molecule has 0 aliphatic carbocycles. The minimum Gasteiger partial charge on any atom is -0.469 e. The number of thioether (sulfide) groups is 1. The first-order valence-corrected chi connectivity index (χ1v) is 8.27. The van der Waals surface area contributed by atoms with Crippen molar-refractivity contribution in [3.05, 3.63) is 30.3 Å². The van der Waals surface area contributed by atoms with E-state index in [4.69, 9.17) is 4.74 Å². The molecule has 0 bridgehead atoms. The average molecular weight is 293 g/mol. The highest BCUT2D eigenvalue weighted by Crippen LogP contribution is 2.22. The molecule has 1 fully saturated rings. The Morgan fingerprint density at radius 1 is 1.35 bits per heavy atom. The van der Waals surface area contributed by atoms with Crippen molar-refractivity contribution >= 4 is 17.7 Å². The van der Waals surface area contributed by atoms with Gasteiger partial charge in [0.15, 0.2) is 0 Å². The van der Waals surface area contributed by atoms with Gasteiger partial charge >= 0.3 is 5.97 Å². The summed E-state index contributed by atoms with van der Waals surface area (Å²) in [6.45, 7) is 2.15. The van der Waals surface area contributed by atoms with Gasteiger partial charge in [0.2, 0.25) is 0 Å². The lowest BCUT2D eigenvalue weighted by molar-refractivity contribution is -0.142. The predicted octanol–water partition coefficient (Wildman–Crippen LogP) is 3.20. The van der Waals surface area contributed by atoms with Gasteiger partial charge in [-0.3, -0.25) is 9.69 Å². The average Bonchev–Trinajstić information content (AvgIpc) is 2.50. The number of rotatable bonds is 6. The molecule has 1 aliphatic rings. The molecular weight excluding hydrogens is 270 g/mol. The topological polar surface area (TPSA) is 29.5 Å². The molecule has 2 rings (SSSR count). The summed E-state index contributed by atoms with van der Waals surface area (Å²) in [5.41, 5.74) is 0. The smallest absolute Gasteiger partial charge is 0.307 e. The summed E-state index contributed by atoms with van der Waals surface area (Å²) >= 11 is 1.88. The number of esters is 1. The number of piperidine rings is 1. The number of benzene rings is 1. The van der Waals surface area contributed by atoms with E-state index in [1.165, 1.54) is 24.8 Å². The van der Waals surface area contributed by atoms with Crippen LogP contribution in [0, 0.1) is 0 Å². The Balaban J connectivity index is 1.78. The molecule has 0 saturated carbocycles. The second kappa shape index (κ2) is 8.32. The number of nitrogens with zero attached hydrogens (tertiary/aromatic N) is 1. The molecule has 1 aromatic carbocycles. The molecule has 1 heterocycles. The van der Waals surface area contributed by atoms with Crippen molar-refractivity contribution in [2.75, 3.05) is 26.0 Å². The summed E-state index contributed by atoms with van der Waals surface area (Å²) in [6.07, 6.45) is 4.12. The molecule has 20 heavy (non-hydrogen) atoms. The van der Waals surface area contributed by atoms with E-state index in [-0.39, 0.29) is 5.97 Å². The molecular formula is C16H23NO2S. The highest BCUT2D eigenvalue weighted by atomic mass is 32.2. The molecule has 0 radical (unpaired) electrons. The standard InChI is InChI=1S/C16H23NO2S/c1-19-16(18)13-14-7-5-6-10-17(14)11-12-20-15-8-3-2-4-9-15/h2-4,8-9,14H,5-7,10-13H2,1H3. The molecule has 1 atom stereocenters. The van der Waals surface area contributed by atoms with Crippen molar-refractivity contribution in [2.45, 2.75) is 36.6 Å². The van der Waals surface area contributed by atoms with Gasteiger partial charge in [-0.15, -0.1) is 11.8 Å². The van der Waals surface area contributed by atoms with Gasteiger partial charge in [-0.25, -0.2) is 0 Å². The highest BCUT2D eigenvalue weighted by Gasteiger charge is 2.24. The van der Waals surface area contributed by atoms with E-state index in [2.05, 4.69) is 29.2 Å². The van der Waals surface area contributed by atoms with Crippen molar-refractivity contribution in [3.63, 3.8) is 0 Å². The second-order valence-electron chi connectivity index (χ2n) is 5.13. The Kier molecular flexibility index (Phi) is 6.40. The quantitative estimate of drug-likeness (QED) is 0.595. The lowest BCUT2D eigenvalue weighted by Crippen LogP contribution is -2.42. The Morgan fingerprint density at radius 2 is 2.15 bits per heavy atom. The van der Waals surface area contributed by atoms with E-state index in [0.717, 1.165) is 25.3 Å². The lowest BCUT2D eigenvalue weighted by Gasteiger charge is -2.35. The summed E-state index contributed by atoms with van der Waals surface area (Å²) in [5.74, 6) is 0.986. The third-order valence-corrected chi connectivity index (χ3v) is 4.76. The van der Waals surface area contributed by atoms with Gasteiger partial charge in [-0.05, 0) is 31.5 Å². The minimum absolute atomic E-state index is 0.0855. The van der Waals surface area contributed by atoms with E-state index in [1.54, 1.807) is 0 Å². The van der Waals surface area contributed by atoms with Crippen LogP contribution in [0.2, 0.25) is 0 Å². The van der Waals surface area contributed by atoms with E-state index in [0.29, 0.717) is 12.5 Å². The van der Waals surface area contributed by atoms with Crippen LogP contribution >= 0.6 is 11.8 Å². The predicted molar refractivity (Wildman–Crippen MR) is 83.0 cm³/mol. The zero-order chi connectivity index (χ0) is 14.2. The van der Waals surface area contributed by atoms with Crippen LogP contribution < -0.4 is 0 Å². The summed E-state index contributed by atoms with van der Waals surface area (Å²) in [5, 5.41) is 0. The molecule has 3 nitrogen and oxygen atoms in total. The fraction of sp³-hybridized carbons (Fsp3) is 0.562. The van der Waals surface area contributed by atoms with E-state index >= 15 is 0 Å². The molecule has 1 aliphatic heterocycles. The molecule has 0 aromatic heterocycles. The molecule has 110 valence electrons. The molecule has 4 heteroatoms. The number of likely N-dealkylation sites (tertiary alicyclic amines) is 1. The number of hydrogen-bond donors (Lipinski definition) is 0. The number of methoxy groups -OCH3 is 1. The van der Waals surface area contributed by atoms with Crippen LogP contribution in [0.5, 0.6) is 0 Å². The van der Waals surface area contributed by atoms with Crippen LogP contribution in [0.4, 0.5) is 0 Å². The Labute approximate surface area is 125 Å². The summed E-state index contributed by atoms with van der Waals surface area (Å²) in [7, 11) is 1.47. The molecule has 0 N–H and O–H groups in total. The van der Waals surface area contributed by atoms with Gasteiger partial charge < -0.3 is 4.74 Å². The van der Waals surface area contributed by atoms with Crippen LogP contribution in [0.1, 0.15) is 25.7 Å². The molecule has 0 spiro atoms. The molecule has 1 saturated heterocycles. The Hall–Kier alpha value is -1.00. The number of carbonyl (C=O) groups is 1. The van der Waals surface area contributed by atoms with E-state index in [1.807, 2.05) is 17.8 Å². The third kappa shape index (κ3) is 4.84. The van der Waals surface area contributed by atoms with Crippen LogP contribution in [-0.2, 0) is 9.53 Å². The van der Waals surface area contributed by atoms with Crippen molar-refractivity contribution in [1.82, 2.24) is 4.90 Å². The summed E-state index contributed by atoms with van der Waals surface area (Å²) in [4.78, 5) is 15.2. The fourth-order valence-corrected chi connectivity index (χ4v) is 3.57. The SMILES string of the molecule is COC(=O)CC1CCCCN1CCSc1ccccc1. The number of carbonyl (C=O) groups excluding carboxylic acids is 1. The minimum atomic E-state index is -0.0855. The van der Waals surface area contributed by atoms with Crippen LogP contribution in [0.25, 0.3) is 0 Å². The maximum absolute atomic E-state index is 11.5. The first kappa shape index (κ1) is 15.4. The zero-order valence-electron chi connectivity index (χ0n) is 12.1. The van der Waals surface area contributed by atoms with Gasteiger partial charge in [0.05, 0.1) is 13.5 Å². The van der Waals surface area contributed by atoms with Gasteiger partial charge in [-0.1, -0.05) is 24.6 Å². The molecule has 1 aromatic rings. The monoisotopic (exact) mass is 293 g/mol.